The lowest BCUT2D eigenvalue weighted by atomic mass is 9.51. The fraction of sp³-hybridized carbons (Fsp3) is 0.613. The maximum Gasteiger partial charge on any atom is 0.0216 e. The summed E-state index contributed by atoms with van der Waals surface area (Å²) in [7, 11) is 0. The number of rotatable bonds is 5. The molecule has 3 atom stereocenters. The predicted molar refractivity (Wildman–Crippen MR) is 135 cm³/mol. The van der Waals surface area contributed by atoms with Gasteiger partial charge in [0.25, 0.3) is 0 Å². The third kappa shape index (κ3) is 2.86. The van der Waals surface area contributed by atoms with Gasteiger partial charge in [-0.2, -0.15) is 0 Å². The van der Waals surface area contributed by atoms with Crippen LogP contribution in [0.25, 0.3) is 11.1 Å². The molecule has 0 radical (unpaired) electrons. The maximum absolute atomic E-state index is 4.18. The molecular formula is C31H41N. The van der Waals surface area contributed by atoms with E-state index in [1.54, 1.807) is 11.1 Å². The monoisotopic (exact) mass is 427 g/mol. The van der Waals surface area contributed by atoms with Crippen LogP contribution in [0.3, 0.4) is 0 Å². The fourth-order valence-electron chi connectivity index (χ4n) is 8.97. The van der Waals surface area contributed by atoms with Gasteiger partial charge < -0.3 is 5.32 Å². The summed E-state index contributed by atoms with van der Waals surface area (Å²) in [6.45, 7) is 6.15. The first-order valence-electron chi connectivity index (χ1n) is 13.7. The van der Waals surface area contributed by atoms with E-state index in [4.69, 9.17) is 0 Å². The average molecular weight is 428 g/mol. The van der Waals surface area contributed by atoms with Crippen LogP contribution in [0.4, 0.5) is 0 Å². The zero-order valence-corrected chi connectivity index (χ0v) is 20.2. The van der Waals surface area contributed by atoms with Crippen molar-refractivity contribution in [2.45, 2.75) is 95.9 Å². The summed E-state index contributed by atoms with van der Waals surface area (Å²) in [6, 6.07) is 19.3. The van der Waals surface area contributed by atoms with Crippen LogP contribution in [0.1, 0.15) is 101 Å². The summed E-state index contributed by atoms with van der Waals surface area (Å²) in [6.07, 6.45) is 14.2. The molecule has 3 aliphatic carbocycles. The third-order valence-corrected chi connectivity index (χ3v) is 10.7. The molecule has 1 heterocycles. The van der Waals surface area contributed by atoms with E-state index in [9.17, 15) is 0 Å². The number of piperidine rings is 1. The Morgan fingerprint density at radius 2 is 1.56 bits per heavy atom. The number of fused-ring (bicyclic) bond motifs is 3. The van der Waals surface area contributed by atoms with Gasteiger partial charge >= 0.3 is 0 Å². The van der Waals surface area contributed by atoms with Crippen molar-refractivity contribution in [1.29, 1.82) is 0 Å². The number of hydrogen-bond acceptors (Lipinski definition) is 1. The Labute approximate surface area is 195 Å². The highest BCUT2D eigenvalue weighted by Gasteiger charge is 2.61. The van der Waals surface area contributed by atoms with Gasteiger partial charge in [-0.3, -0.25) is 0 Å². The summed E-state index contributed by atoms with van der Waals surface area (Å²) in [5.41, 5.74) is 7.39. The van der Waals surface area contributed by atoms with Crippen molar-refractivity contribution in [3.05, 3.63) is 59.7 Å². The highest BCUT2D eigenvalue weighted by Crippen LogP contribution is 2.69. The zero-order valence-electron chi connectivity index (χ0n) is 20.2. The van der Waals surface area contributed by atoms with E-state index < -0.39 is 0 Å². The zero-order chi connectivity index (χ0) is 21.8. The quantitative estimate of drug-likeness (QED) is 0.509. The van der Waals surface area contributed by atoms with E-state index in [1.165, 1.54) is 81.9 Å². The molecule has 0 aromatic heterocycles. The molecular weight excluding hydrogens is 386 g/mol. The van der Waals surface area contributed by atoms with Gasteiger partial charge in [0, 0.05) is 17.9 Å². The molecule has 0 spiro atoms. The molecule has 0 bridgehead atoms. The van der Waals surface area contributed by atoms with E-state index in [0.717, 1.165) is 5.92 Å². The largest absolute Gasteiger partial charge is 0.313 e. The third-order valence-electron chi connectivity index (χ3n) is 10.7. The van der Waals surface area contributed by atoms with Crippen LogP contribution in [-0.4, -0.2) is 12.6 Å². The van der Waals surface area contributed by atoms with Crippen molar-refractivity contribution >= 4 is 0 Å². The van der Waals surface area contributed by atoms with Crippen molar-refractivity contribution in [2.75, 3.05) is 6.54 Å². The van der Waals surface area contributed by atoms with Crippen molar-refractivity contribution in [1.82, 2.24) is 5.32 Å². The van der Waals surface area contributed by atoms with Crippen LogP contribution >= 0.6 is 0 Å². The van der Waals surface area contributed by atoms with E-state index in [2.05, 4.69) is 67.7 Å². The van der Waals surface area contributed by atoms with Gasteiger partial charge in [0.2, 0.25) is 0 Å². The number of benzene rings is 2. The molecule has 6 rings (SSSR count). The maximum atomic E-state index is 4.18. The lowest BCUT2D eigenvalue weighted by Gasteiger charge is -2.56. The highest BCUT2D eigenvalue weighted by molar-refractivity contribution is 5.72. The second-order valence-electron chi connectivity index (χ2n) is 11.5. The Morgan fingerprint density at radius 3 is 2.22 bits per heavy atom. The Morgan fingerprint density at radius 1 is 0.812 bits per heavy atom. The van der Waals surface area contributed by atoms with Gasteiger partial charge in [-0.25, -0.2) is 0 Å². The summed E-state index contributed by atoms with van der Waals surface area (Å²) >= 11 is 0. The SMILES string of the molecule is CCC1(CC)CCNC2C1c1c(-c3ccccc3)cccc1C2C1(C2CCCC2)CCC1. The molecule has 2 aromatic carbocycles. The van der Waals surface area contributed by atoms with Crippen LogP contribution in [-0.2, 0) is 0 Å². The van der Waals surface area contributed by atoms with E-state index in [0.29, 0.717) is 28.7 Å². The van der Waals surface area contributed by atoms with Gasteiger partial charge in [-0.1, -0.05) is 81.6 Å². The van der Waals surface area contributed by atoms with Gasteiger partial charge in [0.15, 0.2) is 0 Å². The first kappa shape index (κ1) is 21.0. The fourth-order valence-corrected chi connectivity index (χ4v) is 8.97. The topological polar surface area (TPSA) is 12.0 Å². The van der Waals surface area contributed by atoms with Crippen LogP contribution in [0.15, 0.2) is 48.5 Å². The molecule has 1 N–H and O–H groups in total. The average Bonchev–Trinajstić information content (AvgIpc) is 3.47. The van der Waals surface area contributed by atoms with E-state index in [1.807, 2.05) is 0 Å². The van der Waals surface area contributed by atoms with Gasteiger partial charge in [-0.05, 0) is 90.5 Å². The van der Waals surface area contributed by atoms with Crippen LogP contribution in [0.5, 0.6) is 0 Å². The Balaban J connectivity index is 1.57. The molecule has 32 heavy (non-hydrogen) atoms. The smallest absolute Gasteiger partial charge is 0.0216 e. The molecule has 1 saturated heterocycles. The van der Waals surface area contributed by atoms with Crippen molar-refractivity contribution in [2.24, 2.45) is 16.7 Å². The minimum absolute atomic E-state index is 0.435. The molecule has 4 aliphatic rings. The molecule has 1 nitrogen and oxygen atoms in total. The predicted octanol–water partition coefficient (Wildman–Crippen LogP) is 8.06. The molecule has 1 aliphatic heterocycles. The molecule has 3 fully saturated rings. The van der Waals surface area contributed by atoms with Gasteiger partial charge in [-0.15, -0.1) is 0 Å². The molecule has 3 unspecified atom stereocenters. The Bertz CT molecular complexity index is 946. The van der Waals surface area contributed by atoms with Crippen molar-refractivity contribution in [3.8, 4) is 11.1 Å². The number of hydrogen-bond donors (Lipinski definition) is 1. The van der Waals surface area contributed by atoms with E-state index in [-0.39, 0.29) is 0 Å². The summed E-state index contributed by atoms with van der Waals surface area (Å²) < 4.78 is 0. The standard InChI is InChI=1S/C31H41N/c1-3-30(4-2)20-21-32-29-27(31(18-11-19-31)23-14-8-9-15-23)25-17-10-16-24(26(25)28(29)30)22-12-6-5-7-13-22/h5-7,10,12-13,16-17,23,27-29,32H,3-4,8-9,11,14-15,18-21H2,1-2H3. The normalized spacial score (nSPS) is 30.5. The van der Waals surface area contributed by atoms with E-state index >= 15 is 0 Å². The summed E-state index contributed by atoms with van der Waals surface area (Å²) in [5, 5.41) is 4.18. The second-order valence-corrected chi connectivity index (χ2v) is 11.5. The molecule has 170 valence electrons. The first-order valence-corrected chi connectivity index (χ1v) is 13.7. The molecule has 2 aromatic rings. The minimum atomic E-state index is 0.435. The number of nitrogens with one attached hydrogen (secondary N) is 1. The van der Waals surface area contributed by atoms with Crippen LogP contribution in [0, 0.1) is 16.7 Å². The van der Waals surface area contributed by atoms with Crippen LogP contribution < -0.4 is 5.32 Å². The summed E-state index contributed by atoms with van der Waals surface area (Å²) in [5.74, 6) is 2.32. The lowest BCUT2D eigenvalue weighted by molar-refractivity contribution is -0.0110. The Kier molecular flexibility index (Phi) is 5.25. The first-order chi connectivity index (χ1) is 15.7. The van der Waals surface area contributed by atoms with Gasteiger partial charge in [0.1, 0.15) is 0 Å². The van der Waals surface area contributed by atoms with Crippen molar-refractivity contribution < 1.29 is 0 Å². The van der Waals surface area contributed by atoms with Crippen LogP contribution in [0.2, 0.25) is 0 Å². The lowest BCUT2D eigenvalue weighted by Crippen LogP contribution is -2.55. The Hall–Kier alpha value is -1.60. The molecule has 2 saturated carbocycles. The van der Waals surface area contributed by atoms with Gasteiger partial charge in [0.05, 0.1) is 0 Å². The molecule has 0 amide bonds. The van der Waals surface area contributed by atoms with Crippen molar-refractivity contribution in [3.63, 3.8) is 0 Å². The summed E-state index contributed by atoms with van der Waals surface area (Å²) in [4.78, 5) is 0. The minimum Gasteiger partial charge on any atom is -0.313 e. The second kappa shape index (κ2) is 8.01. The molecule has 1 heteroatoms. The highest BCUT2D eigenvalue weighted by atomic mass is 15.0.